The molecule has 0 bridgehead atoms. The van der Waals surface area contributed by atoms with E-state index in [1.54, 1.807) is 24.3 Å². The van der Waals surface area contributed by atoms with E-state index in [1.165, 1.54) is 59.8 Å². The fraction of sp³-hybridized carbons (Fsp3) is 0.317. The van der Waals surface area contributed by atoms with Gasteiger partial charge in [0, 0.05) is 11.4 Å². The predicted octanol–water partition coefficient (Wildman–Crippen LogP) is 2.31. The molecule has 0 aromatic heterocycles. The van der Waals surface area contributed by atoms with Gasteiger partial charge in [-0.25, -0.2) is 21.2 Å². The van der Waals surface area contributed by atoms with Crippen LogP contribution in [0, 0.1) is 46.7 Å². The van der Waals surface area contributed by atoms with Crippen molar-refractivity contribution in [1.29, 1.82) is 15.8 Å². The number of alkyl halides is 1. The quantitative estimate of drug-likeness (QED) is 0.0822. The zero-order valence-electron chi connectivity index (χ0n) is 35.8. The first-order valence-electron chi connectivity index (χ1n) is 17.6. The summed E-state index contributed by atoms with van der Waals surface area (Å²) in [6.07, 6.45) is 3.42. The molecular weight excluding hydrogens is 836 g/mol. The van der Waals surface area contributed by atoms with Crippen LogP contribution in [-0.2, 0) is 39.7 Å². The maximum absolute atomic E-state index is 12.1. The number of nitrogens with zero attached hydrogens (tertiary/aromatic N) is 3. The normalized spacial score (nSPS) is 9.29. The standard InChI is InChI=1S/C10H15NO2S.C10H11NO2S.C10H11NS.C7H4FN.C3H7.CH3F.Al.Li.Na.H2S.4H/c2*1-2-7-14(12,13)10-5-3-9(8-11)4-6-10;1-2-7-12-10-5-3-9(8-11)4-6-10;8-7-3-1-6(5-9)2-4-7;1-3-2;1-2;;;;;;;;/h3-6H,2,7-8,11H2,1H3;3-6H,2,7H2,1H3;3-6H,2,7H2,1H3;1-4H;1,3H2,2H3;1H3;;;;1H2;;;;/q;;;;-1;;;2*+1;;;;;-1/p-1/i;;;;;1D;;;;;;;;. The summed E-state index contributed by atoms with van der Waals surface area (Å²) < 4.78 is 73.9. The van der Waals surface area contributed by atoms with Crippen LogP contribution in [-0.4, -0.2) is 58.6 Å². The van der Waals surface area contributed by atoms with Gasteiger partial charge in [-0.15, -0.1) is 11.8 Å². The third-order valence-electron chi connectivity index (χ3n) is 6.24. The van der Waals surface area contributed by atoms with Crippen molar-refractivity contribution < 1.29 is 76.8 Å². The number of nitriles is 3. The van der Waals surface area contributed by atoms with E-state index in [0.717, 1.165) is 23.3 Å². The van der Waals surface area contributed by atoms with Crippen LogP contribution in [0.4, 0.5) is 8.78 Å². The molecule has 0 fully saturated rings. The molecule has 4 aromatic rings. The number of halogens is 2. The third kappa shape index (κ3) is 30.9. The molecule has 0 saturated heterocycles. The predicted molar refractivity (Wildman–Crippen MR) is 236 cm³/mol. The Morgan fingerprint density at radius 2 is 1.02 bits per heavy atom. The van der Waals surface area contributed by atoms with Crippen LogP contribution in [0.1, 0.15) is 78.4 Å². The number of thioether (sulfide) groups is 1. The van der Waals surface area contributed by atoms with Gasteiger partial charge in [0.1, 0.15) is 5.82 Å². The minimum absolute atomic E-state index is 0. The third-order valence-corrected chi connectivity index (χ3v) is 11.3. The largest absolute Gasteiger partial charge is 1.00 e. The average Bonchev–Trinajstić information content (AvgIpc) is 3.19. The molecule has 2 N–H and O–H groups in total. The molecule has 0 amide bonds. The summed E-state index contributed by atoms with van der Waals surface area (Å²) >= 11 is 1.83. The molecule has 0 aliphatic carbocycles. The Morgan fingerprint density at radius 3 is 1.31 bits per heavy atom. The van der Waals surface area contributed by atoms with Gasteiger partial charge in [-0.2, -0.15) is 22.2 Å². The summed E-state index contributed by atoms with van der Waals surface area (Å²) in [6, 6.07) is 31.8. The van der Waals surface area contributed by atoms with E-state index >= 15 is 0 Å². The summed E-state index contributed by atoms with van der Waals surface area (Å²) in [5.74, 6) is 1.19. The summed E-state index contributed by atoms with van der Waals surface area (Å²) in [5, 5.41) is 25.3. The Labute approximate surface area is 406 Å². The van der Waals surface area contributed by atoms with Gasteiger partial charge in [0.15, 0.2) is 37.0 Å². The zero-order valence-corrected chi connectivity index (χ0v) is 39.1. The van der Waals surface area contributed by atoms with Crippen LogP contribution in [0.2, 0.25) is 0 Å². The summed E-state index contributed by atoms with van der Waals surface area (Å²) in [7, 11) is -7.22. The van der Waals surface area contributed by atoms with Crippen LogP contribution >= 0.6 is 11.8 Å². The van der Waals surface area contributed by atoms with Gasteiger partial charge in [0.05, 0.1) is 64.7 Å². The Bertz CT molecular complexity index is 1970. The van der Waals surface area contributed by atoms with Gasteiger partial charge in [0.25, 0.3) is 0 Å². The van der Waals surface area contributed by atoms with Crippen molar-refractivity contribution in [1.82, 2.24) is 0 Å². The number of nitrogens with two attached hydrogens (primary N) is 1. The summed E-state index contributed by atoms with van der Waals surface area (Å²) in [6.45, 7) is 11.8. The Balaban J connectivity index is -0.000000117. The van der Waals surface area contributed by atoms with Crippen molar-refractivity contribution in [2.24, 2.45) is 5.73 Å². The first kappa shape index (κ1) is 65.0. The van der Waals surface area contributed by atoms with Gasteiger partial charge >= 0.3 is 48.4 Å². The molecule has 0 aliphatic rings. The fourth-order valence-electron chi connectivity index (χ4n) is 3.71. The van der Waals surface area contributed by atoms with Crippen molar-refractivity contribution in [3.05, 3.63) is 132 Å². The minimum Gasteiger partial charge on any atom is -1.00 e. The monoisotopic (exact) mass is 892 g/mol. The molecule has 8 nitrogen and oxygen atoms in total. The number of hydrogen-bond donors (Lipinski definition) is 1. The van der Waals surface area contributed by atoms with Crippen molar-refractivity contribution in [3.8, 4) is 18.2 Å². The van der Waals surface area contributed by atoms with Gasteiger partial charge < -0.3 is 27.6 Å². The molecule has 0 spiro atoms. The van der Waals surface area contributed by atoms with E-state index in [9.17, 15) is 25.6 Å². The number of hydrogen-bond acceptors (Lipinski definition) is 10. The minimum atomic E-state index is -3.14. The Hall–Kier alpha value is -2.10. The van der Waals surface area contributed by atoms with Crippen LogP contribution in [0.25, 0.3) is 0 Å². The number of thiol groups is 1. The number of benzene rings is 4. The summed E-state index contributed by atoms with van der Waals surface area (Å²) in [5.41, 5.74) is 8.05. The molecule has 17 heteroatoms. The fourth-order valence-corrected chi connectivity index (χ4v) is 7.13. The molecule has 0 atom stereocenters. The first-order valence-corrected chi connectivity index (χ1v) is 21.2. The molecule has 58 heavy (non-hydrogen) atoms. The van der Waals surface area contributed by atoms with E-state index in [0.29, 0.717) is 40.3 Å². The molecule has 0 heterocycles. The van der Waals surface area contributed by atoms with E-state index in [2.05, 4.69) is 19.9 Å². The number of sulfone groups is 2. The maximum Gasteiger partial charge on any atom is 1.00 e. The van der Waals surface area contributed by atoms with E-state index < -0.39 is 26.8 Å². The van der Waals surface area contributed by atoms with Crippen molar-refractivity contribution in [2.45, 2.75) is 74.6 Å². The van der Waals surface area contributed by atoms with E-state index in [1.807, 2.05) is 68.9 Å². The van der Waals surface area contributed by atoms with Gasteiger partial charge in [-0.3, -0.25) is 4.39 Å². The van der Waals surface area contributed by atoms with E-state index in [4.69, 9.17) is 22.9 Å². The maximum atomic E-state index is 12.1. The van der Waals surface area contributed by atoms with Gasteiger partial charge in [-0.1, -0.05) is 39.8 Å². The molecule has 4 rings (SSSR count). The average molecular weight is 893 g/mol. The van der Waals surface area contributed by atoms with Crippen LogP contribution in [0.15, 0.2) is 112 Å². The second-order valence-corrected chi connectivity index (χ2v) is 16.1. The zero-order chi connectivity index (χ0) is 42.1. The molecular formula is C41H56AlF2LiN4NaO4S4-. The molecule has 308 valence electrons. The number of rotatable bonds is 10. The molecule has 0 aliphatic heterocycles. The molecule has 0 radical (unpaired) electrons. The van der Waals surface area contributed by atoms with Crippen molar-refractivity contribution >= 4 is 62.3 Å². The van der Waals surface area contributed by atoms with Crippen LogP contribution in [0.3, 0.4) is 0 Å². The topological polar surface area (TPSA) is 166 Å². The second kappa shape index (κ2) is 41.6. The van der Waals surface area contributed by atoms with Gasteiger partial charge in [-0.05, 0) is 116 Å². The second-order valence-electron chi connectivity index (χ2n) is 10.7. The van der Waals surface area contributed by atoms with E-state index in [-0.39, 0.29) is 98.0 Å². The van der Waals surface area contributed by atoms with Crippen LogP contribution in [0.5, 0.6) is 0 Å². The van der Waals surface area contributed by atoms with Crippen molar-refractivity contribution in [3.63, 3.8) is 0 Å². The first-order chi connectivity index (χ1) is 26.2. The van der Waals surface area contributed by atoms with Crippen LogP contribution < -0.4 is 54.2 Å². The Morgan fingerprint density at radius 1 is 0.707 bits per heavy atom. The smallest absolute Gasteiger partial charge is 1.00 e. The summed E-state index contributed by atoms with van der Waals surface area (Å²) in [4.78, 5) is 1.92. The molecule has 0 unspecified atom stereocenters. The van der Waals surface area contributed by atoms with Crippen molar-refractivity contribution in [2.75, 3.05) is 24.4 Å². The van der Waals surface area contributed by atoms with Gasteiger partial charge in [0.2, 0.25) is 0 Å². The molecule has 4 aromatic carbocycles. The Kier molecular flexibility index (Phi) is 46.7. The molecule has 0 saturated carbocycles. The SMILES string of the molecule is CCCS(=O)(=O)c1ccc(C#N)cc1.CCCS(=O)(=O)c1ccc(CN)cc1.CCCSc1ccc(C#N)cc1.N#Cc1ccc(F)cc1.[2H]CF.[AlH3].[CH2-]CC.[H-].[Li+].[Na+].[SH-].